The number of unbranched alkanes of at least 4 members (excludes halogenated alkanes) is 1. The molecule has 0 radical (unpaired) electrons. The van der Waals surface area contributed by atoms with E-state index in [1.165, 1.54) is 16.0 Å². The Kier molecular flexibility index (Phi) is 6.08. The van der Waals surface area contributed by atoms with Crippen molar-refractivity contribution in [2.24, 2.45) is 0 Å². The van der Waals surface area contributed by atoms with Crippen LogP contribution in [0.3, 0.4) is 0 Å². The normalized spacial score (nSPS) is 17.6. The minimum atomic E-state index is -3.42. The van der Waals surface area contributed by atoms with E-state index in [2.05, 4.69) is 13.0 Å². The number of piperazine rings is 1. The fourth-order valence-corrected chi connectivity index (χ4v) is 5.36. The van der Waals surface area contributed by atoms with Gasteiger partial charge in [0, 0.05) is 5.56 Å². The maximum Gasteiger partial charge on any atom is 0.243 e. The Bertz CT molecular complexity index is 936. The number of benzene rings is 2. The number of aryl methyl sites for hydroxylation is 1. The van der Waals surface area contributed by atoms with Crippen molar-refractivity contribution in [1.29, 1.82) is 0 Å². The zero-order chi connectivity index (χ0) is 20.3. The van der Waals surface area contributed by atoms with Crippen LogP contribution in [0.1, 0.15) is 30.9 Å². The van der Waals surface area contributed by atoms with Gasteiger partial charge in [0.15, 0.2) is 11.5 Å². The highest BCUT2D eigenvalue weighted by atomic mass is 32.2. The predicted molar refractivity (Wildman–Crippen MR) is 111 cm³/mol. The molecule has 4 rings (SSSR count). The number of nitrogens with zero attached hydrogens (tertiary/aromatic N) is 1. The van der Waals surface area contributed by atoms with E-state index in [9.17, 15) is 8.42 Å². The average molecular weight is 418 g/mol. The summed E-state index contributed by atoms with van der Waals surface area (Å²) in [5, 5.41) is 0. The number of rotatable bonds is 7. The second-order valence-corrected chi connectivity index (χ2v) is 9.70. The largest absolute Gasteiger partial charge is 0.454 e. The van der Waals surface area contributed by atoms with Gasteiger partial charge in [-0.3, -0.25) is 0 Å². The smallest absolute Gasteiger partial charge is 0.243 e. The third kappa shape index (κ3) is 4.57. The SMILES string of the molecule is CCCCc1ccc(S(=O)(=O)N2CC[NH+](Cc3ccc4c(c3)OCO4)CC2)cc1. The maximum absolute atomic E-state index is 13.0. The van der Waals surface area contributed by atoms with E-state index in [1.807, 2.05) is 24.3 Å². The van der Waals surface area contributed by atoms with Crippen molar-refractivity contribution in [3.8, 4) is 11.5 Å². The standard InChI is InChI=1S/C22H28N2O4S/c1-2-3-4-18-5-8-20(9-6-18)29(25,26)24-13-11-23(12-14-24)16-19-7-10-21-22(15-19)28-17-27-21/h5-10,15H,2-4,11-14,16-17H2,1H3/p+1. The number of nitrogens with one attached hydrogen (secondary N) is 1. The molecule has 0 aliphatic carbocycles. The van der Waals surface area contributed by atoms with Gasteiger partial charge in [0.25, 0.3) is 0 Å². The lowest BCUT2D eigenvalue weighted by molar-refractivity contribution is -0.917. The average Bonchev–Trinajstić information content (AvgIpc) is 3.21. The summed E-state index contributed by atoms with van der Waals surface area (Å²) in [4.78, 5) is 1.78. The van der Waals surface area contributed by atoms with Crippen LogP contribution in [0.15, 0.2) is 47.4 Å². The van der Waals surface area contributed by atoms with E-state index in [0.29, 0.717) is 18.0 Å². The summed E-state index contributed by atoms with van der Waals surface area (Å²) < 4.78 is 38.4. The first-order valence-electron chi connectivity index (χ1n) is 10.4. The Hall–Kier alpha value is -2.09. The molecule has 29 heavy (non-hydrogen) atoms. The summed E-state index contributed by atoms with van der Waals surface area (Å²) in [7, 11) is -3.42. The molecule has 0 bridgehead atoms. The fourth-order valence-electron chi connectivity index (χ4n) is 3.92. The summed E-state index contributed by atoms with van der Waals surface area (Å²) in [6.45, 7) is 5.97. The Morgan fingerprint density at radius 3 is 2.38 bits per heavy atom. The first-order chi connectivity index (χ1) is 14.1. The van der Waals surface area contributed by atoms with Crippen LogP contribution in [-0.2, 0) is 23.0 Å². The van der Waals surface area contributed by atoms with Gasteiger partial charge in [-0.25, -0.2) is 8.42 Å². The number of fused-ring (bicyclic) bond motifs is 1. The van der Waals surface area contributed by atoms with Crippen LogP contribution in [-0.4, -0.2) is 45.7 Å². The lowest BCUT2D eigenvalue weighted by Crippen LogP contribution is -3.13. The zero-order valence-corrected chi connectivity index (χ0v) is 17.7. The van der Waals surface area contributed by atoms with Crippen molar-refractivity contribution < 1.29 is 22.8 Å². The highest BCUT2D eigenvalue weighted by molar-refractivity contribution is 7.89. The van der Waals surface area contributed by atoms with E-state index in [-0.39, 0.29) is 6.79 Å². The Labute approximate surface area is 173 Å². The van der Waals surface area contributed by atoms with Crippen molar-refractivity contribution in [3.05, 3.63) is 53.6 Å². The first-order valence-corrected chi connectivity index (χ1v) is 11.8. The summed E-state index contributed by atoms with van der Waals surface area (Å²) in [6.07, 6.45) is 3.26. The Balaban J connectivity index is 1.34. The van der Waals surface area contributed by atoms with Crippen LogP contribution in [0.25, 0.3) is 0 Å². The van der Waals surface area contributed by atoms with Crippen molar-refractivity contribution >= 4 is 10.0 Å². The molecule has 0 amide bonds. The van der Waals surface area contributed by atoms with E-state index < -0.39 is 10.0 Å². The summed E-state index contributed by atoms with van der Waals surface area (Å²) in [5.41, 5.74) is 2.38. The molecule has 2 aliphatic rings. The number of hydrogen-bond acceptors (Lipinski definition) is 4. The predicted octanol–water partition coefficient (Wildman–Crippen LogP) is 1.85. The Morgan fingerprint density at radius 1 is 0.966 bits per heavy atom. The van der Waals surface area contributed by atoms with E-state index in [1.54, 1.807) is 16.4 Å². The van der Waals surface area contributed by atoms with Gasteiger partial charge >= 0.3 is 0 Å². The molecule has 0 atom stereocenters. The molecule has 2 aromatic carbocycles. The molecule has 0 saturated carbocycles. The molecule has 0 aromatic heterocycles. The van der Waals surface area contributed by atoms with Crippen LogP contribution in [0.2, 0.25) is 0 Å². The summed E-state index contributed by atoms with van der Waals surface area (Å²) in [6, 6.07) is 13.4. The molecule has 2 heterocycles. The van der Waals surface area contributed by atoms with Gasteiger partial charge in [0.05, 0.1) is 31.1 Å². The van der Waals surface area contributed by atoms with E-state index >= 15 is 0 Å². The van der Waals surface area contributed by atoms with Crippen molar-refractivity contribution in [1.82, 2.24) is 4.31 Å². The molecule has 156 valence electrons. The van der Waals surface area contributed by atoms with E-state index in [4.69, 9.17) is 9.47 Å². The van der Waals surface area contributed by atoms with E-state index in [0.717, 1.165) is 50.4 Å². The van der Waals surface area contributed by atoms with Gasteiger partial charge in [0.1, 0.15) is 6.54 Å². The summed E-state index contributed by atoms with van der Waals surface area (Å²) in [5.74, 6) is 1.59. The minimum Gasteiger partial charge on any atom is -0.454 e. The quantitative estimate of drug-likeness (QED) is 0.747. The highest BCUT2D eigenvalue weighted by Gasteiger charge is 2.30. The molecule has 2 aliphatic heterocycles. The first kappa shape index (κ1) is 20.2. The van der Waals surface area contributed by atoms with Crippen LogP contribution in [0.5, 0.6) is 11.5 Å². The topological polar surface area (TPSA) is 60.3 Å². The molecule has 1 saturated heterocycles. The van der Waals surface area contributed by atoms with Crippen LogP contribution >= 0.6 is 0 Å². The monoisotopic (exact) mass is 417 g/mol. The summed E-state index contributed by atoms with van der Waals surface area (Å²) >= 11 is 0. The number of hydrogen-bond donors (Lipinski definition) is 1. The lowest BCUT2D eigenvalue weighted by atomic mass is 10.1. The van der Waals surface area contributed by atoms with Gasteiger partial charge in [-0.15, -0.1) is 0 Å². The number of sulfonamides is 1. The molecular formula is C22H29N2O4S+. The number of quaternary nitrogens is 1. The van der Waals surface area contributed by atoms with Crippen LogP contribution in [0, 0.1) is 0 Å². The molecule has 7 heteroatoms. The fraction of sp³-hybridized carbons (Fsp3) is 0.455. The van der Waals surface area contributed by atoms with Gasteiger partial charge in [-0.2, -0.15) is 4.31 Å². The molecule has 2 aromatic rings. The van der Waals surface area contributed by atoms with Gasteiger partial charge < -0.3 is 14.4 Å². The molecule has 6 nitrogen and oxygen atoms in total. The third-order valence-electron chi connectivity index (χ3n) is 5.70. The van der Waals surface area contributed by atoms with Crippen LogP contribution in [0.4, 0.5) is 0 Å². The molecule has 0 spiro atoms. The van der Waals surface area contributed by atoms with Gasteiger partial charge in [-0.1, -0.05) is 25.5 Å². The molecule has 1 N–H and O–H groups in total. The lowest BCUT2D eigenvalue weighted by Gasteiger charge is -2.31. The maximum atomic E-state index is 13.0. The number of ether oxygens (including phenoxy) is 2. The van der Waals surface area contributed by atoms with Gasteiger partial charge in [-0.05, 0) is 48.7 Å². The van der Waals surface area contributed by atoms with Crippen molar-refractivity contribution in [2.75, 3.05) is 33.0 Å². The second kappa shape index (κ2) is 8.73. The third-order valence-corrected chi connectivity index (χ3v) is 7.61. The Morgan fingerprint density at radius 2 is 1.66 bits per heavy atom. The molecule has 1 fully saturated rings. The highest BCUT2D eigenvalue weighted by Crippen LogP contribution is 2.32. The van der Waals surface area contributed by atoms with Crippen molar-refractivity contribution in [3.63, 3.8) is 0 Å². The zero-order valence-electron chi connectivity index (χ0n) is 16.9. The molecule has 0 unspecified atom stereocenters. The molecular weight excluding hydrogens is 388 g/mol. The van der Waals surface area contributed by atoms with Gasteiger partial charge in [0.2, 0.25) is 16.8 Å². The van der Waals surface area contributed by atoms with Crippen molar-refractivity contribution in [2.45, 2.75) is 37.6 Å². The van der Waals surface area contributed by atoms with Crippen LogP contribution < -0.4 is 14.4 Å². The minimum absolute atomic E-state index is 0.280. The second-order valence-electron chi connectivity index (χ2n) is 7.77.